The lowest BCUT2D eigenvalue weighted by atomic mass is 9.47. The molecule has 0 amide bonds. The maximum Gasteiger partial charge on any atom is 0.187 e. The first-order valence-electron chi connectivity index (χ1n) is 23.4. The molecule has 62 heavy (non-hydrogen) atoms. The molecule has 4 aliphatic carbocycles. The number of aliphatic hydroxyl groups excluding tert-OH is 9. The summed E-state index contributed by atoms with van der Waals surface area (Å²) in [6.07, 6.45) is -12.0. The van der Waals surface area contributed by atoms with Gasteiger partial charge in [-0.2, -0.15) is 0 Å². The molecule has 0 radical (unpaired) electrons. The molecule has 3 saturated carbocycles. The second kappa shape index (κ2) is 17.3. The highest BCUT2D eigenvalue weighted by atomic mass is 16.8. The van der Waals surface area contributed by atoms with Gasteiger partial charge < -0.3 is 83.9 Å². The smallest absolute Gasteiger partial charge is 0.187 e. The SMILES string of the molecule is C[C@@H]1CC[C@@]2(OC1)O[C@H]1C[C@H]3[C@@H]4CC=C5C[C@@H](O[C@@H]6O[C@@H](CO)[C@@H](O[C@@H]7O[C@H](CO)[C@@H](O)[C@H](O)[C@H]7O)[C@H](O)[C@H]6O[C@@H]6O[C@@H](C)[C@H](O)[C@H](O)[C@H]6O)CC[C@]5(C)[C@H]4CC[C@]3(C)[C@H]1[C@@H]2C. The largest absolute Gasteiger partial charge is 0.394 e. The van der Waals surface area contributed by atoms with Gasteiger partial charge in [-0.15, -0.1) is 0 Å². The Hall–Kier alpha value is -0.940. The Morgan fingerprint density at radius 3 is 2.05 bits per heavy atom. The van der Waals surface area contributed by atoms with Gasteiger partial charge in [-0.05, 0) is 98.7 Å². The minimum atomic E-state index is -1.82. The molecular weight excluding hydrogens is 812 g/mol. The highest BCUT2D eigenvalue weighted by Crippen LogP contribution is 2.70. The third kappa shape index (κ3) is 7.49. The average molecular weight is 885 g/mol. The summed E-state index contributed by atoms with van der Waals surface area (Å²) < 4.78 is 49.9. The highest BCUT2D eigenvalue weighted by molar-refractivity contribution is 5.26. The Labute approximate surface area is 363 Å². The number of aliphatic hydroxyl groups is 9. The van der Waals surface area contributed by atoms with E-state index in [1.807, 2.05) is 0 Å². The van der Waals surface area contributed by atoms with Gasteiger partial charge in [0.05, 0.1) is 38.1 Å². The first-order chi connectivity index (χ1) is 29.4. The van der Waals surface area contributed by atoms with Crippen LogP contribution in [0.4, 0.5) is 0 Å². The molecule has 354 valence electrons. The summed E-state index contributed by atoms with van der Waals surface area (Å²) in [5.74, 6) is 2.56. The molecule has 9 rings (SSSR count). The van der Waals surface area contributed by atoms with Gasteiger partial charge in [-0.25, -0.2) is 0 Å². The molecule has 5 heterocycles. The van der Waals surface area contributed by atoms with E-state index in [4.69, 9.17) is 37.9 Å². The van der Waals surface area contributed by atoms with Crippen molar-refractivity contribution in [2.45, 2.75) is 203 Å². The fourth-order valence-corrected chi connectivity index (χ4v) is 14.0. The van der Waals surface area contributed by atoms with Crippen LogP contribution in [-0.4, -0.2) is 176 Å². The Balaban J connectivity index is 0.917. The van der Waals surface area contributed by atoms with Gasteiger partial charge in [0.2, 0.25) is 0 Å². The summed E-state index contributed by atoms with van der Waals surface area (Å²) in [7, 11) is 0. The lowest BCUT2D eigenvalue weighted by molar-refractivity contribution is -0.389. The van der Waals surface area contributed by atoms with Crippen LogP contribution in [0.5, 0.6) is 0 Å². The lowest BCUT2D eigenvalue weighted by Crippen LogP contribution is -2.67. The van der Waals surface area contributed by atoms with Crippen molar-refractivity contribution < 1.29 is 83.9 Å². The van der Waals surface area contributed by atoms with Crippen molar-refractivity contribution in [3.63, 3.8) is 0 Å². The molecule has 5 saturated heterocycles. The molecule has 0 aromatic heterocycles. The molecule has 8 fully saturated rings. The standard InChI is InChI=1S/C45H72O17/c1-19-8-13-45(55-18-19)20(2)30-27(62-45)15-26-24-7-6-22-14-23(9-11-43(22,4)25(24)10-12-44(26,30)5)57-42-39(61-40-35(52)33(50)31(48)21(3)56-40)37(54)38(29(17-47)59-42)60-41-36(53)34(51)32(49)28(16-46)58-41/h6,19-21,23-42,46-54H,7-18H2,1-5H3/t19-,20+,21+,23+,24-,25+,26+,27+,28-,29+,30+,31+,32-,33+,34+,35-,36-,37+,38-,39-,40+,41+,42-,43+,44+,45-/m1/s1. The highest BCUT2D eigenvalue weighted by Gasteiger charge is 2.69. The van der Waals surface area contributed by atoms with Gasteiger partial charge >= 0.3 is 0 Å². The van der Waals surface area contributed by atoms with Gasteiger partial charge in [0.1, 0.15) is 67.1 Å². The van der Waals surface area contributed by atoms with Crippen molar-refractivity contribution >= 4 is 0 Å². The quantitative estimate of drug-likeness (QED) is 0.148. The summed E-state index contributed by atoms with van der Waals surface area (Å²) in [5.41, 5.74) is 1.48. The van der Waals surface area contributed by atoms with E-state index in [0.29, 0.717) is 48.3 Å². The zero-order chi connectivity index (χ0) is 44.2. The van der Waals surface area contributed by atoms with Crippen molar-refractivity contribution in [1.29, 1.82) is 0 Å². The fraction of sp³-hybridized carbons (Fsp3) is 0.956. The van der Waals surface area contributed by atoms with E-state index < -0.39 is 111 Å². The number of hydrogen-bond acceptors (Lipinski definition) is 17. The van der Waals surface area contributed by atoms with Crippen LogP contribution < -0.4 is 0 Å². The fourth-order valence-electron chi connectivity index (χ4n) is 14.0. The Morgan fingerprint density at radius 2 is 1.35 bits per heavy atom. The van der Waals surface area contributed by atoms with Crippen LogP contribution in [0, 0.1) is 46.3 Å². The second-order valence-electron chi connectivity index (χ2n) is 21.1. The Morgan fingerprint density at radius 1 is 0.677 bits per heavy atom. The van der Waals surface area contributed by atoms with Crippen LogP contribution >= 0.6 is 0 Å². The minimum Gasteiger partial charge on any atom is -0.394 e. The van der Waals surface area contributed by atoms with Crippen LogP contribution in [0.3, 0.4) is 0 Å². The first-order valence-corrected chi connectivity index (χ1v) is 23.4. The van der Waals surface area contributed by atoms with E-state index in [2.05, 4.69) is 33.8 Å². The number of ether oxygens (including phenoxy) is 8. The third-order valence-corrected chi connectivity index (χ3v) is 17.7. The third-order valence-electron chi connectivity index (χ3n) is 17.7. The maximum absolute atomic E-state index is 12.0. The van der Waals surface area contributed by atoms with Crippen molar-refractivity contribution in [3.05, 3.63) is 11.6 Å². The number of allylic oxidation sites excluding steroid dienone is 1. The lowest BCUT2D eigenvalue weighted by Gasteiger charge is -2.58. The second-order valence-corrected chi connectivity index (χ2v) is 21.1. The molecule has 26 atom stereocenters. The minimum absolute atomic E-state index is 0.0356. The topological polar surface area (TPSA) is 256 Å². The van der Waals surface area contributed by atoms with Crippen molar-refractivity contribution in [3.8, 4) is 0 Å². The molecule has 1 spiro atoms. The monoisotopic (exact) mass is 884 g/mol. The van der Waals surface area contributed by atoms with E-state index in [-0.39, 0.29) is 23.0 Å². The van der Waals surface area contributed by atoms with E-state index in [1.54, 1.807) is 0 Å². The molecule has 0 aromatic rings. The molecule has 0 aromatic carbocycles. The summed E-state index contributed by atoms with van der Waals surface area (Å²) in [5, 5.41) is 95.7. The predicted octanol–water partition coefficient (Wildman–Crippen LogP) is 0.214. The zero-order valence-electron chi connectivity index (χ0n) is 36.6. The molecule has 0 bridgehead atoms. The van der Waals surface area contributed by atoms with Crippen LogP contribution in [0.25, 0.3) is 0 Å². The molecule has 9 N–H and O–H groups in total. The molecular formula is C45H72O17. The van der Waals surface area contributed by atoms with E-state index in [0.717, 1.165) is 51.6 Å². The summed E-state index contributed by atoms with van der Waals surface area (Å²) in [4.78, 5) is 0. The van der Waals surface area contributed by atoms with Crippen LogP contribution in [-0.2, 0) is 37.9 Å². The van der Waals surface area contributed by atoms with Crippen molar-refractivity contribution in [2.75, 3.05) is 19.8 Å². The number of hydrogen-bond donors (Lipinski definition) is 9. The van der Waals surface area contributed by atoms with Crippen LogP contribution in [0.15, 0.2) is 11.6 Å². The van der Waals surface area contributed by atoms with Gasteiger partial charge in [0.25, 0.3) is 0 Å². The Bertz CT molecular complexity index is 1610. The normalized spacial score (nSPS) is 57.6. The van der Waals surface area contributed by atoms with E-state index in [9.17, 15) is 46.0 Å². The van der Waals surface area contributed by atoms with Gasteiger partial charge in [0.15, 0.2) is 24.7 Å². The number of fused-ring (bicyclic) bond motifs is 7. The molecule has 17 nitrogen and oxygen atoms in total. The summed E-state index contributed by atoms with van der Waals surface area (Å²) >= 11 is 0. The molecule has 17 heteroatoms. The van der Waals surface area contributed by atoms with Crippen molar-refractivity contribution in [2.24, 2.45) is 46.3 Å². The summed E-state index contributed by atoms with van der Waals surface area (Å²) in [6.45, 7) is 10.4. The van der Waals surface area contributed by atoms with Gasteiger partial charge in [-0.3, -0.25) is 0 Å². The molecule has 0 unspecified atom stereocenters. The predicted molar refractivity (Wildman–Crippen MR) is 214 cm³/mol. The maximum atomic E-state index is 12.0. The van der Waals surface area contributed by atoms with Crippen molar-refractivity contribution in [1.82, 2.24) is 0 Å². The molecule has 9 aliphatic rings. The zero-order valence-corrected chi connectivity index (χ0v) is 36.6. The van der Waals surface area contributed by atoms with Crippen LogP contribution in [0.2, 0.25) is 0 Å². The van der Waals surface area contributed by atoms with Gasteiger partial charge in [0, 0.05) is 12.3 Å². The number of rotatable bonds is 8. The summed E-state index contributed by atoms with van der Waals surface area (Å²) in [6, 6.07) is 0. The van der Waals surface area contributed by atoms with E-state index >= 15 is 0 Å². The molecule has 5 aliphatic heterocycles. The Kier molecular flexibility index (Phi) is 12.9. The van der Waals surface area contributed by atoms with Gasteiger partial charge in [-0.1, -0.05) is 39.3 Å². The average Bonchev–Trinajstić information content (AvgIpc) is 3.70. The first kappa shape index (κ1) is 46.2. The van der Waals surface area contributed by atoms with Crippen LogP contribution in [0.1, 0.15) is 92.4 Å². The van der Waals surface area contributed by atoms with E-state index in [1.165, 1.54) is 12.5 Å².